The Labute approximate surface area is 107 Å². The molecule has 1 aromatic carbocycles. The molecule has 0 heterocycles. The number of hydrogen-bond acceptors (Lipinski definition) is 2. The molecule has 0 fully saturated rings. The SMILES string of the molecule is CC(=O)NCCNC(=O)c1cc(F)ccc1Br. The van der Waals surface area contributed by atoms with Gasteiger partial charge in [-0.25, -0.2) is 4.39 Å². The molecule has 0 saturated heterocycles. The smallest absolute Gasteiger partial charge is 0.252 e. The predicted molar refractivity (Wildman–Crippen MR) is 65.1 cm³/mol. The monoisotopic (exact) mass is 302 g/mol. The Morgan fingerprint density at radius 2 is 1.94 bits per heavy atom. The van der Waals surface area contributed by atoms with Crippen molar-refractivity contribution in [1.29, 1.82) is 0 Å². The fraction of sp³-hybridized carbons (Fsp3) is 0.273. The number of rotatable bonds is 4. The van der Waals surface area contributed by atoms with E-state index >= 15 is 0 Å². The van der Waals surface area contributed by atoms with Crippen molar-refractivity contribution in [1.82, 2.24) is 10.6 Å². The van der Waals surface area contributed by atoms with E-state index in [1.54, 1.807) is 0 Å². The van der Waals surface area contributed by atoms with Gasteiger partial charge in [0.05, 0.1) is 5.56 Å². The molecule has 0 aliphatic carbocycles. The van der Waals surface area contributed by atoms with Gasteiger partial charge in [0.1, 0.15) is 5.82 Å². The van der Waals surface area contributed by atoms with E-state index < -0.39 is 5.82 Å². The van der Waals surface area contributed by atoms with Crippen molar-refractivity contribution >= 4 is 27.7 Å². The van der Waals surface area contributed by atoms with Crippen molar-refractivity contribution in [2.75, 3.05) is 13.1 Å². The summed E-state index contributed by atoms with van der Waals surface area (Å²) in [6.45, 7) is 2.03. The summed E-state index contributed by atoms with van der Waals surface area (Å²) in [4.78, 5) is 22.2. The van der Waals surface area contributed by atoms with Crippen LogP contribution in [0.1, 0.15) is 17.3 Å². The third kappa shape index (κ3) is 4.52. The summed E-state index contributed by atoms with van der Waals surface area (Å²) in [6, 6.07) is 3.88. The first-order valence-corrected chi connectivity index (χ1v) is 5.77. The summed E-state index contributed by atoms with van der Waals surface area (Å²) in [7, 11) is 0. The molecular weight excluding hydrogens is 291 g/mol. The molecular formula is C11H12BrFN2O2. The van der Waals surface area contributed by atoms with Crippen molar-refractivity contribution < 1.29 is 14.0 Å². The van der Waals surface area contributed by atoms with Crippen molar-refractivity contribution in [3.63, 3.8) is 0 Å². The Morgan fingerprint density at radius 1 is 1.29 bits per heavy atom. The van der Waals surface area contributed by atoms with E-state index in [0.29, 0.717) is 17.6 Å². The second kappa shape index (κ2) is 6.34. The highest BCUT2D eigenvalue weighted by Crippen LogP contribution is 2.17. The number of hydrogen-bond donors (Lipinski definition) is 2. The largest absolute Gasteiger partial charge is 0.355 e. The molecule has 0 aromatic heterocycles. The normalized spacial score (nSPS) is 9.82. The molecule has 6 heteroatoms. The van der Waals surface area contributed by atoms with E-state index in [1.807, 2.05) is 0 Å². The molecule has 92 valence electrons. The molecule has 0 atom stereocenters. The average molecular weight is 303 g/mol. The topological polar surface area (TPSA) is 58.2 Å². The molecule has 17 heavy (non-hydrogen) atoms. The molecule has 4 nitrogen and oxygen atoms in total. The molecule has 0 aliphatic heterocycles. The first-order valence-electron chi connectivity index (χ1n) is 4.98. The van der Waals surface area contributed by atoms with Gasteiger partial charge >= 0.3 is 0 Å². The molecule has 2 amide bonds. The predicted octanol–water partition coefficient (Wildman–Crippen LogP) is 1.45. The van der Waals surface area contributed by atoms with E-state index in [0.717, 1.165) is 6.07 Å². The second-order valence-electron chi connectivity index (χ2n) is 3.36. The molecule has 0 saturated carbocycles. The minimum atomic E-state index is -0.472. The molecule has 0 unspecified atom stereocenters. The summed E-state index contributed by atoms with van der Waals surface area (Å²) < 4.78 is 13.5. The number of carbonyl (C=O) groups is 2. The maximum absolute atomic E-state index is 12.9. The van der Waals surface area contributed by atoms with Crippen LogP contribution in [-0.4, -0.2) is 24.9 Å². The van der Waals surface area contributed by atoms with Crippen molar-refractivity contribution in [2.24, 2.45) is 0 Å². The summed E-state index contributed by atoms with van der Waals surface area (Å²) in [6.07, 6.45) is 0. The van der Waals surface area contributed by atoms with Crippen LogP contribution in [0, 0.1) is 5.82 Å². The van der Waals surface area contributed by atoms with Crippen molar-refractivity contribution in [3.8, 4) is 0 Å². The number of amides is 2. The maximum Gasteiger partial charge on any atom is 0.252 e. The fourth-order valence-corrected chi connectivity index (χ4v) is 1.61. The van der Waals surface area contributed by atoms with Crippen LogP contribution in [0.15, 0.2) is 22.7 Å². The highest BCUT2D eigenvalue weighted by molar-refractivity contribution is 9.10. The van der Waals surface area contributed by atoms with Gasteiger partial charge in [0.2, 0.25) is 5.91 Å². The average Bonchev–Trinajstić information content (AvgIpc) is 2.27. The lowest BCUT2D eigenvalue weighted by Gasteiger charge is -2.07. The van der Waals surface area contributed by atoms with Crippen molar-refractivity contribution in [2.45, 2.75) is 6.92 Å². The zero-order valence-electron chi connectivity index (χ0n) is 9.22. The summed E-state index contributed by atoms with van der Waals surface area (Å²) in [5, 5.41) is 5.11. The van der Waals surface area contributed by atoms with Gasteiger partial charge in [-0.05, 0) is 34.1 Å². The molecule has 0 bridgehead atoms. The quantitative estimate of drug-likeness (QED) is 0.827. The van der Waals surface area contributed by atoms with Gasteiger partial charge in [0.15, 0.2) is 0 Å². The fourth-order valence-electron chi connectivity index (χ4n) is 1.18. The molecule has 1 rings (SSSR count). The number of carbonyl (C=O) groups excluding carboxylic acids is 2. The number of halogens is 2. The van der Waals surface area contributed by atoms with Crippen LogP contribution in [-0.2, 0) is 4.79 Å². The summed E-state index contributed by atoms with van der Waals surface area (Å²) in [5.74, 6) is -1.02. The minimum absolute atomic E-state index is 0.161. The van der Waals surface area contributed by atoms with Crippen LogP contribution in [0.3, 0.4) is 0 Å². The van der Waals surface area contributed by atoms with Crippen LogP contribution in [0.25, 0.3) is 0 Å². The Balaban J connectivity index is 2.52. The standard InChI is InChI=1S/C11H12BrFN2O2/c1-7(16)14-4-5-15-11(17)9-6-8(13)2-3-10(9)12/h2-3,6H,4-5H2,1H3,(H,14,16)(H,15,17). The number of benzene rings is 1. The van der Waals surface area contributed by atoms with E-state index in [2.05, 4.69) is 26.6 Å². The zero-order chi connectivity index (χ0) is 12.8. The Kier molecular flexibility index (Phi) is 5.09. The van der Waals surface area contributed by atoms with E-state index in [1.165, 1.54) is 19.1 Å². The van der Waals surface area contributed by atoms with Gasteiger partial charge in [-0.2, -0.15) is 0 Å². The van der Waals surface area contributed by atoms with E-state index in [-0.39, 0.29) is 17.4 Å². The lowest BCUT2D eigenvalue weighted by Crippen LogP contribution is -2.33. The van der Waals surface area contributed by atoms with E-state index in [4.69, 9.17) is 0 Å². The van der Waals surface area contributed by atoms with Crippen LogP contribution in [0.5, 0.6) is 0 Å². The lowest BCUT2D eigenvalue weighted by molar-refractivity contribution is -0.118. The third-order valence-corrected chi connectivity index (χ3v) is 2.65. The van der Waals surface area contributed by atoms with E-state index in [9.17, 15) is 14.0 Å². The van der Waals surface area contributed by atoms with Gasteiger partial charge in [0.25, 0.3) is 5.91 Å². The second-order valence-corrected chi connectivity index (χ2v) is 4.22. The van der Waals surface area contributed by atoms with Gasteiger partial charge in [0, 0.05) is 24.5 Å². The van der Waals surface area contributed by atoms with Gasteiger partial charge in [-0.15, -0.1) is 0 Å². The first kappa shape index (κ1) is 13.6. The van der Waals surface area contributed by atoms with Crippen LogP contribution in [0.2, 0.25) is 0 Å². The van der Waals surface area contributed by atoms with Crippen molar-refractivity contribution in [3.05, 3.63) is 34.1 Å². The Hall–Kier alpha value is -1.43. The minimum Gasteiger partial charge on any atom is -0.355 e. The molecule has 0 spiro atoms. The highest BCUT2D eigenvalue weighted by atomic mass is 79.9. The molecule has 0 radical (unpaired) electrons. The molecule has 1 aromatic rings. The number of nitrogens with one attached hydrogen (secondary N) is 2. The first-order chi connectivity index (χ1) is 8.00. The maximum atomic E-state index is 12.9. The zero-order valence-corrected chi connectivity index (χ0v) is 10.8. The van der Waals surface area contributed by atoms with Gasteiger partial charge in [-0.3, -0.25) is 9.59 Å². The summed E-state index contributed by atoms with van der Waals surface area (Å²) in [5.41, 5.74) is 0.229. The Bertz CT molecular complexity index is 437. The molecule has 0 aliphatic rings. The lowest BCUT2D eigenvalue weighted by atomic mass is 10.2. The molecule has 2 N–H and O–H groups in total. The highest BCUT2D eigenvalue weighted by Gasteiger charge is 2.10. The van der Waals surface area contributed by atoms with Gasteiger partial charge in [-0.1, -0.05) is 0 Å². The van der Waals surface area contributed by atoms with Gasteiger partial charge < -0.3 is 10.6 Å². The van der Waals surface area contributed by atoms with Crippen LogP contribution >= 0.6 is 15.9 Å². The summed E-state index contributed by atoms with van der Waals surface area (Å²) >= 11 is 3.17. The van der Waals surface area contributed by atoms with Crippen LogP contribution < -0.4 is 10.6 Å². The van der Waals surface area contributed by atoms with Crippen LogP contribution in [0.4, 0.5) is 4.39 Å². The Morgan fingerprint density at radius 3 is 2.59 bits per heavy atom. The third-order valence-electron chi connectivity index (χ3n) is 1.96.